The first-order chi connectivity index (χ1) is 13.9. The van der Waals surface area contributed by atoms with Crippen molar-refractivity contribution >= 4 is 17.4 Å². The van der Waals surface area contributed by atoms with Gasteiger partial charge in [0, 0.05) is 25.8 Å². The maximum absolute atomic E-state index is 12.8. The summed E-state index contributed by atoms with van der Waals surface area (Å²) >= 11 is 0. The Morgan fingerprint density at radius 2 is 2.03 bits per heavy atom. The van der Waals surface area contributed by atoms with Gasteiger partial charge in [-0.05, 0) is 44.5 Å². The van der Waals surface area contributed by atoms with Crippen LogP contribution in [0.3, 0.4) is 0 Å². The minimum atomic E-state index is -0.795. The summed E-state index contributed by atoms with van der Waals surface area (Å²) in [6, 6.07) is 9.38. The summed E-state index contributed by atoms with van der Waals surface area (Å²) in [7, 11) is 1.57. The molecule has 1 amide bonds. The molecule has 0 saturated carbocycles. The molecule has 0 spiro atoms. The molecule has 154 valence electrons. The molecule has 1 N–H and O–H groups in total. The summed E-state index contributed by atoms with van der Waals surface area (Å²) in [5.41, 5.74) is 0.402. The lowest BCUT2D eigenvalue weighted by Crippen LogP contribution is -2.31. The second-order valence-corrected chi connectivity index (χ2v) is 7.05. The standard InChI is InChI=1S/C22H25NO6/c1-14(2)29-16-8-4-7-15(13-16)20(24)18-19(17-9-5-12-28-17)23(10-6-11-27-3)22(26)21(18)25/h4-5,7-9,12-14,19,24H,6,10-11H2,1-3H3/b20-18-. The number of nitrogens with zero attached hydrogens (tertiary/aromatic N) is 1. The molecule has 1 fully saturated rings. The van der Waals surface area contributed by atoms with E-state index in [1.807, 2.05) is 13.8 Å². The van der Waals surface area contributed by atoms with E-state index < -0.39 is 17.7 Å². The van der Waals surface area contributed by atoms with E-state index in [0.29, 0.717) is 36.6 Å². The van der Waals surface area contributed by atoms with Crippen molar-refractivity contribution in [2.24, 2.45) is 0 Å². The van der Waals surface area contributed by atoms with Gasteiger partial charge in [0.15, 0.2) is 0 Å². The number of ether oxygens (including phenoxy) is 2. The highest BCUT2D eigenvalue weighted by molar-refractivity contribution is 6.46. The van der Waals surface area contributed by atoms with Gasteiger partial charge in [-0.15, -0.1) is 0 Å². The molecule has 7 nitrogen and oxygen atoms in total. The highest BCUT2D eigenvalue weighted by Gasteiger charge is 2.47. The summed E-state index contributed by atoms with van der Waals surface area (Å²) in [5.74, 6) is -0.686. The van der Waals surface area contributed by atoms with E-state index in [4.69, 9.17) is 13.9 Å². The van der Waals surface area contributed by atoms with E-state index in [0.717, 1.165) is 0 Å². The van der Waals surface area contributed by atoms with Gasteiger partial charge in [-0.25, -0.2) is 0 Å². The Balaban J connectivity index is 2.04. The Kier molecular flexibility index (Phi) is 6.39. The van der Waals surface area contributed by atoms with E-state index in [-0.39, 0.29) is 17.4 Å². The Hall–Kier alpha value is -3.06. The predicted molar refractivity (Wildman–Crippen MR) is 106 cm³/mol. The number of rotatable bonds is 8. The van der Waals surface area contributed by atoms with Crippen molar-refractivity contribution in [2.75, 3.05) is 20.3 Å². The van der Waals surface area contributed by atoms with Gasteiger partial charge in [0.1, 0.15) is 23.3 Å². The van der Waals surface area contributed by atoms with Crippen molar-refractivity contribution in [1.82, 2.24) is 4.90 Å². The van der Waals surface area contributed by atoms with Gasteiger partial charge in [0.2, 0.25) is 0 Å². The third-order valence-electron chi connectivity index (χ3n) is 4.58. The fourth-order valence-electron chi connectivity index (χ4n) is 3.38. The number of carbonyl (C=O) groups excluding carboxylic acids is 2. The third kappa shape index (κ3) is 4.35. The van der Waals surface area contributed by atoms with Crippen LogP contribution in [0.1, 0.15) is 37.6 Å². The minimum Gasteiger partial charge on any atom is -0.507 e. The highest BCUT2D eigenvalue weighted by atomic mass is 16.5. The molecule has 1 aromatic carbocycles. The van der Waals surface area contributed by atoms with E-state index in [9.17, 15) is 14.7 Å². The van der Waals surface area contributed by atoms with E-state index in [1.165, 1.54) is 11.2 Å². The van der Waals surface area contributed by atoms with Crippen LogP contribution < -0.4 is 4.74 Å². The Labute approximate surface area is 169 Å². The fraction of sp³-hybridized carbons (Fsp3) is 0.364. The number of amides is 1. The first kappa shape index (κ1) is 20.7. The smallest absolute Gasteiger partial charge is 0.295 e. The number of hydrogen-bond donors (Lipinski definition) is 1. The Morgan fingerprint density at radius 3 is 2.69 bits per heavy atom. The predicted octanol–water partition coefficient (Wildman–Crippen LogP) is 3.53. The van der Waals surface area contributed by atoms with Crippen LogP contribution in [0.15, 0.2) is 52.7 Å². The molecule has 1 aliphatic heterocycles. The molecule has 1 unspecified atom stereocenters. The van der Waals surface area contributed by atoms with Crippen LogP contribution in [0.4, 0.5) is 0 Å². The van der Waals surface area contributed by atoms with Gasteiger partial charge >= 0.3 is 0 Å². The van der Waals surface area contributed by atoms with E-state index >= 15 is 0 Å². The quantitative estimate of drug-likeness (QED) is 0.316. The second kappa shape index (κ2) is 8.96. The zero-order valence-corrected chi connectivity index (χ0v) is 16.8. The number of methoxy groups -OCH3 is 1. The zero-order chi connectivity index (χ0) is 21.0. The lowest BCUT2D eigenvalue weighted by Gasteiger charge is -2.23. The van der Waals surface area contributed by atoms with Crippen LogP contribution in [-0.2, 0) is 14.3 Å². The van der Waals surface area contributed by atoms with Crippen molar-refractivity contribution in [3.05, 3.63) is 59.6 Å². The topological polar surface area (TPSA) is 89.2 Å². The SMILES string of the molecule is COCCCN1C(=O)C(=O)/C(=C(\O)c2cccc(OC(C)C)c2)C1c1ccco1. The van der Waals surface area contributed by atoms with Gasteiger partial charge in [0.05, 0.1) is 17.9 Å². The van der Waals surface area contributed by atoms with Gasteiger partial charge < -0.3 is 23.9 Å². The minimum absolute atomic E-state index is 0.00376. The molecule has 1 aromatic heterocycles. The van der Waals surface area contributed by atoms with Crippen molar-refractivity contribution in [3.8, 4) is 5.75 Å². The monoisotopic (exact) mass is 399 g/mol. The van der Waals surface area contributed by atoms with Gasteiger partial charge in [-0.2, -0.15) is 0 Å². The molecule has 1 saturated heterocycles. The largest absolute Gasteiger partial charge is 0.507 e. The van der Waals surface area contributed by atoms with Crippen LogP contribution in [0.25, 0.3) is 5.76 Å². The molecule has 0 aliphatic carbocycles. The Morgan fingerprint density at radius 1 is 1.24 bits per heavy atom. The van der Waals surface area contributed by atoms with Crippen molar-refractivity contribution < 1.29 is 28.6 Å². The van der Waals surface area contributed by atoms with Crippen LogP contribution in [-0.4, -0.2) is 48.1 Å². The number of likely N-dealkylation sites (tertiary alicyclic amines) is 1. The van der Waals surface area contributed by atoms with Crippen molar-refractivity contribution in [1.29, 1.82) is 0 Å². The van der Waals surface area contributed by atoms with Crippen LogP contribution in [0.2, 0.25) is 0 Å². The number of hydrogen-bond acceptors (Lipinski definition) is 6. The van der Waals surface area contributed by atoms with Gasteiger partial charge in [-0.3, -0.25) is 9.59 Å². The van der Waals surface area contributed by atoms with Crippen LogP contribution in [0, 0.1) is 0 Å². The third-order valence-corrected chi connectivity index (χ3v) is 4.58. The maximum atomic E-state index is 12.8. The molecule has 2 aromatic rings. The summed E-state index contributed by atoms with van der Waals surface area (Å²) in [4.78, 5) is 26.9. The summed E-state index contributed by atoms with van der Waals surface area (Å²) in [6.45, 7) is 4.55. The zero-order valence-electron chi connectivity index (χ0n) is 16.8. The van der Waals surface area contributed by atoms with Crippen LogP contribution >= 0.6 is 0 Å². The molecule has 0 bridgehead atoms. The first-order valence-electron chi connectivity index (χ1n) is 9.52. The molecule has 1 atom stereocenters. The summed E-state index contributed by atoms with van der Waals surface area (Å²) in [5, 5.41) is 11.0. The van der Waals surface area contributed by atoms with Crippen molar-refractivity contribution in [2.45, 2.75) is 32.4 Å². The van der Waals surface area contributed by atoms with Gasteiger partial charge in [-0.1, -0.05) is 12.1 Å². The van der Waals surface area contributed by atoms with E-state index in [1.54, 1.807) is 43.5 Å². The van der Waals surface area contributed by atoms with Crippen LogP contribution in [0.5, 0.6) is 5.75 Å². The lowest BCUT2D eigenvalue weighted by molar-refractivity contribution is -0.140. The normalized spacial score (nSPS) is 18.6. The number of aliphatic hydroxyl groups is 1. The Bertz CT molecular complexity index is 900. The number of benzene rings is 1. The number of aliphatic hydroxyl groups excluding tert-OH is 1. The average molecular weight is 399 g/mol. The molecule has 0 radical (unpaired) electrons. The highest BCUT2D eigenvalue weighted by Crippen LogP contribution is 2.39. The molecule has 29 heavy (non-hydrogen) atoms. The van der Waals surface area contributed by atoms with E-state index in [2.05, 4.69) is 0 Å². The van der Waals surface area contributed by atoms with Crippen molar-refractivity contribution in [3.63, 3.8) is 0 Å². The lowest BCUT2D eigenvalue weighted by atomic mass is 9.99. The molecular weight excluding hydrogens is 374 g/mol. The summed E-state index contributed by atoms with van der Waals surface area (Å²) in [6.07, 6.45) is 1.99. The molecule has 1 aliphatic rings. The molecule has 7 heteroatoms. The molecular formula is C22H25NO6. The summed E-state index contributed by atoms with van der Waals surface area (Å²) < 4.78 is 16.2. The number of carbonyl (C=O) groups is 2. The van der Waals surface area contributed by atoms with Gasteiger partial charge in [0.25, 0.3) is 11.7 Å². The number of Topliss-reactive ketones (excluding diaryl/α,β-unsaturated/α-hetero) is 1. The number of furan rings is 1. The second-order valence-electron chi connectivity index (χ2n) is 7.05. The average Bonchev–Trinajstić information content (AvgIpc) is 3.30. The first-order valence-corrected chi connectivity index (χ1v) is 9.52. The number of ketones is 1. The maximum Gasteiger partial charge on any atom is 0.295 e. The fourth-order valence-corrected chi connectivity index (χ4v) is 3.38. The molecule has 2 heterocycles. The molecule has 3 rings (SSSR count).